The molecule has 104 valence electrons. The van der Waals surface area contributed by atoms with Crippen LogP contribution < -0.4 is 4.90 Å². The van der Waals surface area contributed by atoms with Crippen LogP contribution >= 0.6 is 0 Å². The van der Waals surface area contributed by atoms with Gasteiger partial charge in [-0.05, 0) is 31.6 Å². The van der Waals surface area contributed by atoms with Gasteiger partial charge in [0.05, 0.1) is 5.56 Å². The van der Waals surface area contributed by atoms with Crippen LogP contribution in [0.3, 0.4) is 0 Å². The third-order valence-electron chi connectivity index (χ3n) is 3.81. The van der Waals surface area contributed by atoms with Crippen molar-refractivity contribution in [2.24, 2.45) is 0 Å². The minimum Gasteiger partial charge on any atom is -0.478 e. The number of nitrogens with zero attached hydrogens (tertiary/aromatic N) is 3. The van der Waals surface area contributed by atoms with Crippen molar-refractivity contribution in [2.45, 2.75) is 26.3 Å². The van der Waals surface area contributed by atoms with Crippen molar-refractivity contribution < 1.29 is 9.90 Å². The minimum atomic E-state index is -0.900. The molecule has 0 aliphatic carbocycles. The van der Waals surface area contributed by atoms with Gasteiger partial charge in [-0.15, -0.1) is 0 Å². The SMILES string of the molecule is CCN(CC)C1CCN(c2cc(C(=O)O)ccn2)C1. The molecular weight excluding hydrogens is 242 g/mol. The molecule has 0 spiro atoms. The highest BCUT2D eigenvalue weighted by molar-refractivity contribution is 5.88. The molecule has 1 aromatic rings. The summed E-state index contributed by atoms with van der Waals surface area (Å²) in [5, 5.41) is 9.01. The Labute approximate surface area is 113 Å². The quantitative estimate of drug-likeness (QED) is 0.876. The Morgan fingerprint density at radius 2 is 2.26 bits per heavy atom. The molecule has 2 heterocycles. The molecule has 1 saturated heterocycles. The lowest BCUT2D eigenvalue weighted by Crippen LogP contribution is -2.37. The van der Waals surface area contributed by atoms with Crippen LogP contribution in [0, 0.1) is 0 Å². The molecule has 5 heteroatoms. The van der Waals surface area contributed by atoms with Crippen LogP contribution in [0.2, 0.25) is 0 Å². The highest BCUT2D eigenvalue weighted by Gasteiger charge is 2.27. The van der Waals surface area contributed by atoms with Gasteiger partial charge in [0, 0.05) is 25.3 Å². The standard InChI is InChI=1S/C14H21N3O2/c1-3-16(4-2)12-6-8-17(10-12)13-9-11(14(18)19)5-7-15-13/h5,7,9,12H,3-4,6,8,10H2,1-2H3,(H,18,19). The Hall–Kier alpha value is -1.62. The molecule has 1 unspecified atom stereocenters. The van der Waals surface area contributed by atoms with Crippen molar-refractivity contribution >= 4 is 11.8 Å². The molecule has 1 aliphatic heterocycles. The molecule has 1 aliphatic rings. The largest absolute Gasteiger partial charge is 0.478 e. The zero-order chi connectivity index (χ0) is 13.8. The molecule has 0 aromatic carbocycles. The fraction of sp³-hybridized carbons (Fsp3) is 0.571. The zero-order valence-corrected chi connectivity index (χ0v) is 11.5. The van der Waals surface area contributed by atoms with Crippen molar-refractivity contribution in [2.75, 3.05) is 31.1 Å². The molecule has 1 N–H and O–H groups in total. The number of anilines is 1. The predicted octanol–water partition coefficient (Wildman–Crippen LogP) is 1.70. The van der Waals surface area contributed by atoms with Gasteiger partial charge in [0.15, 0.2) is 0 Å². The average Bonchev–Trinajstić information content (AvgIpc) is 2.90. The molecule has 1 atom stereocenters. The van der Waals surface area contributed by atoms with Crippen molar-refractivity contribution in [3.8, 4) is 0 Å². The first-order valence-corrected chi connectivity index (χ1v) is 6.84. The third kappa shape index (κ3) is 3.04. The number of carboxylic acids is 1. The summed E-state index contributed by atoms with van der Waals surface area (Å²) < 4.78 is 0. The topological polar surface area (TPSA) is 56.7 Å². The second kappa shape index (κ2) is 6.02. The zero-order valence-electron chi connectivity index (χ0n) is 11.5. The molecule has 2 rings (SSSR count). The van der Waals surface area contributed by atoms with Gasteiger partial charge in [0.25, 0.3) is 0 Å². The Morgan fingerprint density at radius 1 is 1.53 bits per heavy atom. The number of likely N-dealkylation sites (N-methyl/N-ethyl adjacent to an activating group) is 1. The van der Waals surface area contributed by atoms with Crippen LogP contribution in [0.1, 0.15) is 30.6 Å². The lowest BCUT2D eigenvalue weighted by Gasteiger charge is -2.26. The number of aromatic nitrogens is 1. The van der Waals surface area contributed by atoms with E-state index in [1.165, 1.54) is 6.07 Å². The number of aromatic carboxylic acids is 1. The normalized spacial score (nSPS) is 19.1. The lowest BCUT2D eigenvalue weighted by atomic mass is 10.2. The number of hydrogen-bond donors (Lipinski definition) is 1. The first-order chi connectivity index (χ1) is 9.15. The summed E-state index contributed by atoms with van der Waals surface area (Å²) in [5.74, 6) is -0.127. The summed E-state index contributed by atoms with van der Waals surface area (Å²) in [6, 6.07) is 3.74. The number of carboxylic acid groups (broad SMARTS) is 1. The molecule has 19 heavy (non-hydrogen) atoms. The van der Waals surface area contributed by atoms with E-state index in [1.807, 2.05) is 0 Å². The first-order valence-electron chi connectivity index (χ1n) is 6.84. The molecule has 0 saturated carbocycles. The van der Waals surface area contributed by atoms with Gasteiger partial charge in [-0.2, -0.15) is 0 Å². The van der Waals surface area contributed by atoms with E-state index >= 15 is 0 Å². The summed E-state index contributed by atoms with van der Waals surface area (Å²) in [7, 11) is 0. The summed E-state index contributed by atoms with van der Waals surface area (Å²) in [4.78, 5) is 19.9. The van der Waals surface area contributed by atoms with E-state index in [4.69, 9.17) is 5.11 Å². The molecule has 0 bridgehead atoms. The fourth-order valence-corrected chi connectivity index (χ4v) is 2.71. The van der Waals surface area contributed by atoms with Gasteiger partial charge in [-0.1, -0.05) is 13.8 Å². The van der Waals surface area contributed by atoms with Crippen molar-refractivity contribution in [1.82, 2.24) is 9.88 Å². The first kappa shape index (κ1) is 13.8. The maximum absolute atomic E-state index is 11.0. The smallest absolute Gasteiger partial charge is 0.335 e. The Kier molecular flexibility index (Phi) is 4.37. The summed E-state index contributed by atoms with van der Waals surface area (Å²) in [5.41, 5.74) is 0.302. The second-order valence-corrected chi connectivity index (χ2v) is 4.82. The van der Waals surface area contributed by atoms with Crippen molar-refractivity contribution in [3.05, 3.63) is 23.9 Å². The van der Waals surface area contributed by atoms with Crippen molar-refractivity contribution in [1.29, 1.82) is 0 Å². The van der Waals surface area contributed by atoms with Gasteiger partial charge in [0.2, 0.25) is 0 Å². The van der Waals surface area contributed by atoms with Crippen LogP contribution in [0.5, 0.6) is 0 Å². The molecule has 0 radical (unpaired) electrons. The van der Waals surface area contributed by atoms with Crippen LogP contribution in [0.4, 0.5) is 5.82 Å². The number of rotatable bonds is 5. The van der Waals surface area contributed by atoms with Crippen LogP contribution in [-0.2, 0) is 0 Å². The molecule has 0 amide bonds. The highest BCUT2D eigenvalue weighted by Crippen LogP contribution is 2.21. The molecular formula is C14H21N3O2. The molecule has 5 nitrogen and oxygen atoms in total. The van der Waals surface area contributed by atoms with Gasteiger partial charge in [-0.25, -0.2) is 9.78 Å². The number of pyridine rings is 1. The van der Waals surface area contributed by atoms with Crippen LogP contribution in [0.25, 0.3) is 0 Å². The Bertz CT molecular complexity index is 446. The van der Waals surface area contributed by atoms with Gasteiger partial charge >= 0.3 is 5.97 Å². The van der Waals surface area contributed by atoms with E-state index in [0.717, 1.165) is 38.4 Å². The van der Waals surface area contributed by atoms with E-state index in [0.29, 0.717) is 11.6 Å². The van der Waals surface area contributed by atoms with E-state index in [1.54, 1.807) is 12.3 Å². The second-order valence-electron chi connectivity index (χ2n) is 4.82. The lowest BCUT2D eigenvalue weighted by molar-refractivity contribution is 0.0697. The van der Waals surface area contributed by atoms with Crippen LogP contribution in [0.15, 0.2) is 18.3 Å². The van der Waals surface area contributed by atoms with E-state index in [2.05, 4.69) is 28.6 Å². The monoisotopic (exact) mass is 263 g/mol. The Balaban J connectivity index is 2.08. The summed E-state index contributed by atoms with van der Waals surface area (Å²) in [6.07, 6.45) is 2.68. The maximum Gasteiger partial charge on any atom is 0.335 e. The molecule has 1 fully saturated rings. The van der Waals surface area contributed by atoms with E-state index < -0.39 is 5.97 Å². The summed E-state index contributed by atoms with van der Waals surface area (Å²) >= 11 is 0. The fourth-order valence-electron chi connectivity index (χ4n) is 2.71. The van der Waals surface area contributed by atoms with E-state index in [-0.39, 0.29) is 0 Å². The van der Waals surface area contributed by atoms with E-state index in [9.17, 15) is 4.79 Å². The minimum absolute atomic E-state index is 0.302. The van der Waals surface area contributed by atoms with Gasteiger partial charge in [-0.3, -0.25) is 4.90 Å². The van der Waals surface area contributed by atoms with Crippen LogP contribution in [-0.4, -0.2) is 53.2 Å². The molecule has 1 aromatic heterocycles. The summed E-state index contributed by atoms with van der Waals surface area (Å²) in [6.45, 7) is 8.33. The maximum atomic E-state index is 11.0. The van der Waals surface area contributed by atoms with Crippen molar-refractivity contribution in [3.63, 3.8) is 0 Å². The van der Waals surface area contributed by atoms with Gasteiger partial charge in [0.1, 0.15) is 5.82 Å². The number of hydrogen-bond acceptors (Lipinski definition) is 4. The Morgan fingerprint density at radius 3 is 2.89 bits per heavy atom. The number of carbonyl (C=O) groups is 1. The third-order valence-corrected chi connectivity index (χ3v) is 3.81. The predicted molar refractivity (Wildman–Crippen MR) is 74.7 cm³/mol. The average molecular weight is 263 g/mol. The highest BCUT2D eigenvalue weighted by atomic mass is 16.4. The van der Waals surface area contributed by atoms with Gasteiger partial charge < -0.3 is 10.0 Å².